The van der Waals surface area contributed by atoms with Crippen LogP contribution in [0.3, 0.4) is 0 Å². The fourth-order valence-electron chi connectivity index (χ4n) is 1.45. The first kappa shape index (κ1) is 11.5. The molecule has 0 saturated heterocycles. The second-order valence-electron chi connectivity index (χ2n) is 3.49. The average Bonchev–Trinajstić information content (AvgIpc) is 2.30. The zero-order chi connectivity index (χ0) is 12.3. The average molecular weight is 234 g/mol. The Labute approximate surface area is 97.0 Å². The van der Waals surface area contributed by atoms with Gasteiger partial charge in [0.2, 0.25) is 0 Å². The van der Waals surface area contributed by atoms with Crippen LogP contribution in [-0.2, 0) is 0 Å². The highest BCUT2D eigenvalue weighted by Gasteiger charge is 2.04. The van der Waals surface area contributed by atoms with E-state index in [9.17, 15) is 13.2 Å². The van der Waals surface area contributed by atoms with E-state index in [-0.39, 0.29) is 11.1 Å². The van der Waals surface area contributed by atoms with Gasteiger partial charge in [-0.1, -0.05) is 30.3 Å². The number of benzene rings is 2. The van der Waals surface area contributed by atoms with Gasteiger partial charge in [-0.2, -0.15) is 0 Å². The summed E-state index contributed by atoms with van der Waals surface area (Å²) in [6, 6.07) is 9.62. The largest absolute Gasteiger partial charge is 0.206 e. The number of hydrogen-bond acceptors (Lipinski definition) is 0. The minimum absolute atomic E-state index is 0.171. The Morgan fingerprint density at radius 1 is 0.647 bits per heavy atom. The van der Waals surface area contributed by atoms with Crippen molar-refractivity contribution in [2.24, 2.45) is 0 Å². The molecule has 0 aliphatic heterocycles. The normalized spacial score (nSPS) is 11.0. The molecule has 3 heteroatoms. The van der Waals surface area contributed by atoms with Crippen molar-refractivity contribution in [1.29, 1.82) is 0 Å². The first-order chi connectivity index (χ1) is 8.18. The second-order valence-corrected chi connectivity index (χ2v) is 3.49. The molecule has 0 atom stereocenters. The Hall–Kier alpha value is -2.03. The predicted octanol–water partition coefficient (Wildman–Crippen LogP) is 4.27. The first-order valence-electron chi connectivity index (χ1n) is 5.05. The van der Waals surface area contributed by atoms with Gasteiger partial charge < -0.3 is 0 Å². The van der Waals surface area contributed by atoms with Crippen LogP contribution in [0.15, 0.2) is 42.5 Å². The Morgan fingerprint density at radius 2 is 1.24 bits per heavy atom. The summed E-state index contributed by atoms with van der Waals surface area (Å²) in [5.74, 6) is -1.77. The summed E-state index contributed by atoms with van der Waals surface area (Å²) in [4.78, 5) is 0. The topological polar surface area (TPSA) is 0 Å². The third-order valence-electron chi connectivity index (χ3n) is 2.33. The quantitative estimate of drug-likeness (QED) is 0.680. The van der Waals surface area contributed by atoms with E-state index in [1.807, 2.05) is 0 Å². The first-order valence-corrected chi connectivity index (χ1v) is 5.05. The van der Waals surface area contributed by atoms with E-state index in [1.54, 1.807) is 12.1 Å². The maximum atomic E-state index is 13.3. The third kappa shape index (κ3) is 2.56. The maximum Gasteiger partial charge on any atom is 0.133 e. The molecule has 17 heavy (non-hydrogen) atoms. The Kier molecular flexibility index (Phi) is 3.28. The lowest BCUT2D eigenvalue weighted by atomic mass is 10.1. The van der Waals surface area contributed by atoms with Crippen LogP contribution < -0.4 is 0 Å². The van der Waals surface area contributed by atoms with E-state index < -0.39 is 17.5 Å². The number of hydrogen-bond donors (Lipinski definition) is 0. The Morgan fingerprint density at radius 3 is 1.88 bits per heavy atom. The number of rotatable bonds is 2. The molecule has 0 unspecified atom stereocenters. The van der Waals surface area contributed by atoms with Crippen molar-refractivity contribution in [2.45, 2.75) is 0 Å². The highest BCUT2D eigenvalue weighted by atomic mass is 19.1. The molecular weight excluding hydrogens is 225 g/mol. The molecule has 0 saturated carbocycles. The summed E-state index contributed by atoms with van der Waals surface area (Å²) >= 11 is 0. The van der Waals surface area contributed by atoms with Crippen LogP contribution in [0.4, 0.5) is 13.2 Å². The molecule has 2 aromatic carbocycles. The molecule has 0 heterocycles. The lowest BCUT2D eigenvalue weighted by Crippen LogP contribution is -1.87. The smallest absolute Gasteiger partial charge is 0.133 e. The van der Waals surface area contributed by atoms with Crippen LogP contribution in [0, 0.1) is 17.5 Å². The molecule has 0 aliphatic rings. The van der Waals surface area contributed by atoms with Crippen molar-refractivity contribution in [3.8, 4) is 0 Å². The maximum absolute atomic E-state index is 13.3. The van der Waals surface area contributed by atoms with Gasteiger partial charge in [0.1, 0.15) is 17.5 Å². The molecule has 0 bridgehead atoms. The van der Waals surface area contributed by atoms with Crippen molar-refractivity contribution >= 4 is 12.2 Å². The van der Waals surface area contributed by atoms with Crippen molar-refractivity contribution in [2.75, 3.05) is 0 Å². The standard InChI is InChI=1S/C14H9F3/c15-12-5-2-1-4-10(12)8-9-11-13(16)6-3-7-14(11)17/h1-9H/b9-8+. The molecule has 0 spiro atoms. The second kappa shape index (κ2) is 4.87. The van der Waals surface area contributed by atoms with Gasteiger partial charge in [0, 0.05) is 11.1 Å². The van der Waals surface area contributed by atoms with Crippen LogP contribution in [-0.4, -0.2) is 0 Å². The van der Waals surface area contributed by atoms with Gasteiger partial charge in [0.05, 0.1) is 0 Å². The van der Waals surface area contributed by atoms with Crippen LogP contribution in [0.25, 0.3) is 12.2 Å². The summed E-state index contributed by atoms with van der Waals surface area (Å²) in [6.07, 6.45) is 2.57. The summed E-state index contributed by atoms with van der Waals surface area (Å²) in [7, 11) is 0. The van der Waals surface area contributed by atoms with Gasteiger partial charge in [-0.25, -0.2) is 13.2 Å². The van der Waals surface area contributed by atoms with Gasteiger partial charge in [-0.05, 0) is 24.3 Å². The van der Waals surface area contributed by atoms with E-state index in [1.165, 1.54) is 30.4 Å². The predicted molar refractivity (Wildman–Crippen MR) is 61.7 cm³/mol. The molecule has 0 fully saturated rings. The van der Waals surface area contributed by atoms with E-state index in [0.29, 0.717) is 0 Å². The van der Waals surface area contributed by atoms with Crippen LogP contribution in [0.5, 0.6) is 0 Å². The zero-order valence-corrected chi connectivity index (χ0v) is 8.83. The molecular formula is C14H9F3. The lowest BCUT2D eigenvalue weighted by molar-refractivity contribution is 0.579. The summed E-state index contributed by atoms with van der Waals surface area (Å²) in [5, 5.41) is 0. The van der Waals surface area contributed by atoms with E-state index >= 15 is 0 Å². The molecule has 2 rings (SSSR count). The molecule has 2 aromatic rings. The summed E-state index contributed by atoms with van der Waals surface area (Å²) in [6.45, 7) is 0. The fraction of sp³-hybridized carbons (Fsp3) is 0. The molecule has 0 amide bonds. The summed E-state index contributed by atoms with van der Waals surface area (Å²) < 4.78 is 39.8. The lowest BCUT2D eigenvalue weighted by Gasteiger charge is -1.99. The highest BCUT2D eigenvalue weighted by Crippen LogP contribution is 2.16. The van der Waals surface area contributed by atoms with Gasteiger partial charge in [0.25, 0.3) is 0 Å². The van der Waals surface area contributed by atoms with E-state index in [0.717, 1.165) is 12.1 Å². The van der Waals surface area contributed by atoms with Crippen molar-refractivity contribution < 1.29 is 13.2 Å². The SMILES string of the molecule is Fc1ccccc1/C=C/c1c(F)cccc1F. The van der Waals surface area contributed by atoms with E-state index in [4.69, 9.17) is 0 Å². The number of halogens is 3. The van der Waals surface area contributed by atoms with Crippen molar-refractivity contribution in [1.82, 2.24) is 0 Å². The van der Waals surface area contributed by atoms with Crippen molar-refractivity contribution in [3.05, 3.63) is 71.0 Å². The van der Waals surface area contributed by atoms with Gasteiger partial charge >= 0.3 is 0 Å². The zero-order valence-electron chi connectivity index (χ0n) is 8.83. The monoisotopic (exact) mass is 234 g/mol. The minimum atomic E-state index is -0.669. The molecule has 0 aliphatic carbocycles. The molecule has 0 nitrogen and oxygen atoms in total. The van der Waals surface area contributed by atoms with E-state index in [2.05, 4.69) is 0 Å². The minimum Gasteiger partial charge on any atom is -0.206 e. The van der Waals surface area contributed by atoms with Gasteiger partial charge in [-0.3, -0.25) is 0 Å². The van der Waals surface area contributed by atoms with Gasteiger partial charge in [0.15, 0.2) is 0 Å². The molecule has 86 valence electrons. The van der Waals surface area contributed by atoms with Crippen molar-refractivity contribution in [3.63, 3.8) is 0 Å². The molecule has 0 aromatic heterocycles. The van der Waals surface area contributed by atoms with Crippen LogP contribution in [0.2, 0.25) is 0 Å². The van der Waals surface area contributed by atoms with Gasteiger partial charge in [-0.15, -0.1) is 0 Å². The Bertz CT molecular complexity index is 539. The highest BCUT2D eigenvalue weighted by molar-refractivity contribution is 5.70. The summed E-state index contributed by atoms with van der Waals surface area (Å²) in [5.41, 5.74) is 0.117. The van der Waals surface area contributed by atoms with Crippen LogP contribution in [0.1, 0.15) is 11.1 Å². The molecule has 0 N–H and O–H groups in total. The third-order valence-corrected chi connectivity index (χ3v) is 2.33. The fourth-order valence-corrected chi connectivity index (χ4v) is 1.45. The molecule has 0 radical (unpaired) electrons. The Balaban J connectivity index is 2.36. The van der Waals surface area contributed by atoms with Crippen LogP contribution >= 0.6 is 0 Å².